The molecule has 0 aliphatic rings. The third-order valence-corrected chi connectivity index (χ3v) is 3.32. The largest absolute Gasteiger partial charge is 1.00 e. The molecule has 14 nitrogen and oxygen atoms in total. The minimum atomic E-state index is -1.51. The van der Waals surface area contributed by atoms with Gasteiger partial charge in [0.15, 0.2) is 23.0 Å². The van der Waals surface area contributed by atoms with E-state index >= 15 is 0 Å². The van der Waals surface area contributed by atoms with Crippen LogP contribution in [-0.2, 0) is 9.59 Å². The molecular formula is C14H18N6Na2O8. The number of nitrogens with zero attached hydrogens (tertiary/aromatic N) is 2. The van der Waals surface area contributed by atoms with E-state index in [1.165, 1.54) is 0 Å². The molecule has 0 saturated heterocycles. The van der Waals surface area contributed by atoms with Crippen molar-refractivity contribution in [1.29, 1.82) is 0 Å². The van der Waals surface area contributed by atoms with Crippen molar-refractivity contribution in [2.75, 3.05) is 24.7 Å². The van der Waals surface area contributed by atoms with Gasteiger partial charge >= 0.3 is 59.1 Å². The van der Waals surface area contributed by atoms with E-state index in [9.17, 15) is 29.4 Å². The summed E-state index contributed by atoms with van der Waals surface area (Å²) >= 11 is 0. The minimum Gasteiger partial charge on any atom is -0.550 e. The predicted octanol–water partition coefficient (Wildman–Crippen LogP) is -11.9. The first-order valence-electron chi connectivity index (χ1n) is 7.75. The van der Waals surface area contributed by atoms with E-state index in [1.54, 1.807) is 0 Å². The number of hydrogen-bond donors (Lipinski definition) is 6. The van der Waals surface area contributed by atoms with Gasteiger partial charge in [0.1, 0.15) is 0 Å². The standard InChI is InChI=1S/C14H20N6O8.2Na/c15-11-9(13(27)17-5(3-21)1-7(23)24)19-12(16)10(20-11)14(28)18-6(4-22)2-8(25)26;;/h5-6,21-22H,1-4H2,(H2,16,19)(H2,15,20)(H,17,27)(H,18,28)(H,23,24)(H,25,26);;/q;2*+1/p-2. The Kier molecular flexibility index (Phi) is 14.8. The molecule has 1 heterocycles. The molecule has 0 bridgehead atoms. The van der Waals surface area contributed by atoms with Gasteiger partial charge in [-0.3, -0.25) is 9.59 Å². The molecule has 0 aliphatic heterocycles. The van der Waals surface area contributed by atoms with Crippen molar-refractivity contribution in [3.05, 3.63) is 11.4 Å². The number of rotatable bonds is 10. The molecule has 0 aliphatic carbocycles. The Balaban J connectivity index is 0. The van der Waals surface area contributed by atoms with Gasteiger partial charge in [-0.1, -0.05) is 0 Å². The van der Waals surface area contributed by atoms with Crippen molar-refractivity contribution in [1.82, 2.24) is 20.6 Å². The maximum absolute atomic E-state index is 12.1. The summed E-state index contributed by atoms with van der Waals surface area (Å²) < 4.78 is 0. The predicted molar refractivity (Wildman–Crippen MR) is 86.8 cm³/mol. The number of aliphatic carboxylic acids is 2. The molecular weight excluding hydrogens is 426 g/mol. The molecule has 1 aromatic heterocycles. The van der Waals surface area contributed by atoms with Gasteiger partial charge in [0, 0.05) is 24.8 Å². The van der Waals surface area contributed by atoms with E-state index in [1.807, 2.05) is 0 Å². The van der Waals surface area contributed by atoms with Gasteiger partial charge in [0.05, 0.1) is 25.3 Å². The second-order valence-electron chi connectivity index (χ2n) is 5.55. The van der Waals surface area contributed by atoms with Gasteiger partial charge in [-0.05, 0) is 0 Å². The summed E-state index contributed by atoms with van der Waals surface area (Å²) in [6.07, 6.45) is -1.35. The van der Waals surface area contributed by atoms with Crippen molar-refractivity contribution < 1.29 is 98.7 Å². The number of carboxylic acids is 2. The zero-order valence-electron chi connectivity index (χ0n) is 16.4. The molecule has 1 rings (SSSR count). The van der Waals surface area contributed by atoms with Crippen LogP contribution in [0.2, 0.25) is 0 Å². The van der Waals surface area contributed by atoms with Gasteiger partial charge < -0.3 is 52.1 Å². The van der Waals surface area contributed by atoms with Gasteiger partial charge in [-0.2, -0.15) is 0 Å². The van der Waals surface area contributed by atoms with E-state index in [2.05, 4.69) is 20.6 Å². The summed E-state index contributed by atoms with van der Waals surface area (Å²) in [7, 11) is 0. The summed E-state index contributed by atoms with van der Waals surface area (Å²) in [4.78, 5) is 52.6. The molecule has 30 heavy (non-hydrogen) atoms. The van der Waals surface area contributed by atoms with Gasteiger partial charge in [0.2, 0.25) is 0 Å². The summed E-state index contributed by atoms with van der Waals surface area (Å²) in [6, 6.07) is -2.37. The first-order chi connectivity index (χ1) is 13.1. The molecule has 2 amide bonds. The minimum absolute atomic E-state index is 0. The topological polar surface area (TPSA) is 257 Å². The summed E-state index contributed by atoms with van der Waals surface area (Å²) in [5.41, 5.74) is 10.1. The first kappa shape index (κ1) is 30.7. The number of nitrogens with two attached hydrogens (primary N) is 2. The Hall–Kier alpha value is -1.52. The van der Waals surface area contributed by atoms with Gasteiger partial charge in [0.25, 0.3) is 11.8 Å². The number of aliphatic hydroxyl groups is 2. The number of nitrogens with one attached hydrogen (secondary N) is 2. The molecule has 2 unspecified atom stereocenters. The average molecular weight is 444 g/mol. The zero-order valence-corrected chi connectivity index (χ0v) is 20.4. The van der Waals surface area contributed by atoms with Gasteiger partial charge in [-0.25, -0.2) is 9.97 Å². The summed E-state index contributed by atoms with van der Waals surface area (Å²) in [6.45, 7) is -1.41. The maximum Gasteiger partial charge on any atom is 1.00 e. The van der Waals surface area contributed by atoms with Gasteiger partial charge in [-0.15, -0.1) is 0 Å². The molecule has 0 spiro atoms. The molecule has 16 heteroatoms. The summed E-state index contributed by atoms with van der Waals surface area (Å²) in [5.74, 6) is -6.12. The second kappa shape index (κ2) is 14.5. The van der Waals surface area contributed by atoms with E-state index in [0.717, 1.165) is 0 Å². The Morgan fingerprint density at radius 1 is 0.800 bits per heavy atom. The Labute approximate surface area is 214 Å². The van der Waals surface area contributed by atoms with Crippen LogP contribution in [0.1, 0.15) is 33.8 Å². The third-order valence-electron chi connectivity index (χ3n) is 3.32. The van der Waals surface area contributed by atoms with Crippen LogP contribution in [0, 0.1) is 0 Å². The Morgan fingerprint density at radius 2 is 1.10 bits per heavy atom. The molecule has 154 valence electrons. The quantitative estimate of drug-likeness (QED) is 0.184. The number of anilines is 2. The van der Waals surface area contributed by atoms with E-state index in [0.29, 0.717) is 0 Å². The Morgan fingerprint density at radius 3 is 1.33 bits per heavy atom. The molecule has 8 N–H and O–H groups in total. The van der Waals surface area contributed by atoms with Crippen molar-refractivity contribution in [3.8, 4) is 0 Å². The average Bonchev–Trinajstić information content (AvgIpc) is 2.60. The molecule has 1 aromatic rings. The zero-order chi connectivity index (χ0) is 21.4. The smallest absolute Gasteiger partial charge is 0.550 e. The fourth-order valence-electron chi connectivity index (χ4n) is 2.03. The molecule has 0 aromatic carbocycles. The van der Waals surface area contributed by atoms with E-state index < -0.39 is 84.9 Å². The fourth-order valence-corrected chi connectivity index (χ4v) is 2.03. The van der Waals surface area contributed by atoms with Crippen molar-refractivity contribution in [2.45, 2.75) is 24.9 Å². The van der Waals surface area contributed by atoms with Crippen LogP contribution in [-0.4, -0.2) is 69.2 Å². The molecule has 0 fully saturated rings. The number of carbonyl (C=O) groups excluding carboxylic acids is 4. The van der Waals surface area contributed by atoms with Crippen LogP contribution in [0.4, 0.5) is 11.6 Å². The number of amides is 2. The van der Waals surface area contributed by atoms with E-state index in [-0.39, 0.29) is 59.1 Å². The molecule has 0 saturated carbocycles. The van der Waals surface area contributed by atoms with E-state index in [4.69, 9.17) is 21.7 Å². The normalized spacial score (nSPS) is 11.8. The first-order valence-corrected chi connectivity index (χ1v) is 7.75. The van der Waals surface area contributed by atoms with Crippen molar-refractivity contribution in [2.24, 2.45) is 0 Å². The number of aliphatic hydroxyl groups excluding tert-OH is 2. The van der Waals surface area contributed by atoms with Crippen LogP contribution >= 0.6 is 0 Å². The Bertz CT molecular complexity index is 717. The number of carbonyl (C=O) groups is 4. The van der Waals surface area contributed by atoms with Crippen LogP contribution in [0.3, 0.4) is 0 Å². The fraction of sp³-hybridized carbons (Fsp3) is 0.429. The van der Waals surface area contributed by atoms with Crippen LogP contribution in [0.5, 0.6) is 0 Å². The summed E-state index contributed by atoms with van der Waals surface area (Å²) in [5, 5.41) is 43.5. The number of aromatic nitrogens is 2. The van der Waals surface area contributed by atoms with Crippen LogP contribution < -0.4 is 91.4 Å². The number of carboxylic acid groups (broad SMARTS) is 2. The monoisotopic (exact) mass is 444 g/mol. The number of nitrogen functional groups attached to an aromatic ring is 2. The SMILES string of the molecule is Nc1nc(C(=O)NC(CO)CC(=O)[O-])c(N)nc1C(=O)NC(CO)CC(=O)[O-].[Na+].[Na+]. The van der Waals surface area contributed by atoms with Crippen LogP contribution in [0.25, 0.3) is 0 Å². The van der Waals surface area contributed by atoms with Crippen LogP contribution in [0.15, 0.2) is 0 Å². The third kappa shape index (κ3) is 9.53. The number of hydrogen-bond acceptors (Lipinski definition) is 12. The molecule has 2 atom stereocenters. The maximum atomic E-state index is 12.1. The second-order valence-corrected chi connectivity index (χ2v) is 5.55. The van der Waals surface area contributed by atoms with Crippen molar-refractivity contribution >= 4 is 35.4 Å². The molecule has 0 radical (unpaired) electrons. The van der Waals surface area contributed by atoms with Crippen molar-refractivity contribution in [3.63, 3.8) is 0 Å².